The topological polar surface area (TPSA) is 53.9 Å². The monoisotopic (exact) mass is 398 g/mol. The molecule has 27 heavy (non-hydrogen) atoms. The number of H-pyrrole nitrogens is 1. The number of aryl methyl sites for hydroxylation is 1. The minimum atomic E-state index is 0.179. The van der Waals surface area contributed by atoms with Crippen molar-refractivity contribution in [3.63, 3.8) is 0 Å². The Morgan fingerprint density at radius 2 is 2.11 bits per heavy atom. The Morgan fingerprint density at radius 1 is 1.33 bits per heavy atom. The Hall–Kier alpha value is -2.25. The summed E-state index contributed by atoms with van der Waals surface area (Å²) in [5.74, 6) is 0.984. The van der Waals surface area contributed by atoms with Gasteiger partial charge in [-0.15, -0.1) is 11.3 Å². The van der Waals surface area contributed by atoms with Crippen molar-refractivity contribution in [3.8, 4) is 10.7 Å². The molecule has 1 aliphatic carbocycles. The zero-order chi connectivity index (χ0) is 18.8. The zero-order valence-electron chi connectivity index (χ0n) is 15.2. The molecule has 1 amide bonds. The molecule has 1 N–H and O–H groups in total. The molecular weight excluding hydrogens is 376 g/mol. The van der Waals surface area contributed by atoms with Gasteiger partial charge >= 0.3 is 0 Å². The van der Waals surface area contributed by atoms with Crippen LogP contribution < -0.4 is 0 Å². The van der Waals surface area contributed by atoms with E-state index >= 15 is 0 Å². The molecule has 0 radical (unpaired) electrons. The molecular formula is C20H22N4OS2. The van der Waals surface area contributed by atoms with Crippen molar-refractivity contribution in [2.75, 3.05) is 0 Å². The Kier molecular flexibility index (Phi) is 5.22. The summed E-state index contributed by atoms with van der Waals surface area (Å²) in [6.07, 6.45) is 2.63. The predicted molar refractivity (Wildman–Crippen MR) is 110 cm³/mol. The summed E-state index contributed by atoms with van der Waals surface area (Å²) in [6.45, 7) is 3.30. The van der Waals surface area contributed by atoms with Gasteiger partial charge in [-0.25, -0.2) is 0 Å². The molecule has 1 fully saturated rings. The number of carbonyl (C=O) groups is 1. The molecule has 1 saturated carbocycles. The molecule has 2 heterocycles. The Morgan fingerprint density at radius 3 is 2.78 bits per heavy atom. The van der Waals surface area contributed by atoms with E-state index in [2.05, 4.69) is 41.4 Å². The van der Waals surface area contributed by atoms with Crippen molar-refractivity contribution in [3.05, 3.63) is 57.7 Å². The molecule has 0 unspecified atom stereocenters. The van der Waals surface area contributed by atoms with Gasteiger partial charge in [-0.05, 0) is 49.0 Å². The number of carbonyl (C=O) groups excluding carboxylic acids is 1. The second kappa shape index (κ2) is 7.78. The molecule has 0 saturated heterocycles. The average molecular weight is 399 g/mol. The summed E-state index contributed by atoms with van der Waals surface area (Å²) in [5, 5.41) is 9.20. The van der Waals surface area contributed by atoms with Crippen molar-refractivity contribution in [2.45, 2.75) is 45.3 Å². The van der Waals surface area contributed by atoms with E-state index in [-0.39, 0.29) is 5.91 Å². The summed E-state index contributed by atoms with van der Waals surface area (Å²) >= 11 is 6.99. The number of amides is 1. The van der Waals surface area contributed by atoms with Gasteiger partial charge in [0.2, 0.25) is 5.91 Å². The molecule has 0 spiro atoms. The Balaban J connectivity index is 1.46. The molecule has 5 nitrogen and oxygen atoms in total. The number of hydrogen-bond donors (Lipinski definition) is 1. The number of hydrogen-bond acceptors (Lipinski definition) is 4. The largest absolute Gasteiger partial charge is 0.335 e. The fourth-order valence-corrected chi connectivity index (χ4v) is 4.11. The van der Waals surface area contributed by atoms with Gasteiger partial charge in [-0.1, -0.05) is 35.9 Å². The van der Waals surface area contributed by atoms with Crippen molar-refractivity contribution in [1.82, 2.24) is 19.7 Å². The van der Waals surface area contributed by atoms with Crippen LogP contribution in [-0.2, 0) is 17.9 Å². The standard InChI is InChI=1S/C20H22N4OS2/c1-14-4-6-15(7-5-14)13-24(16-8-9-16)18(25)10-11-23-19(21-22-20(23)26)17-3-2-12-27-17/h2-7,12,16H,8-11,13H2,1H3,(H,22,26). The van der Waals surface area contributed by atoms with Gasteiger partial charge in [-0.2, -0.15) is 5.10 Å². The van der Waals surface area contributed by atoms with Crippen LogP contribution in [-0.4, -0.2) is 31.6 Å². The highest BCUT2D eigenvalue weighted by Gasteiger charge is 2.32. The average Bonchev–Trinajstić information content (AvgIpc) is 3.22. The lowest BCUT2D eigenvalue weighted by Crippen LogP contribution is -2.33. The SMILES string of the molecule is Cc1ccc(CN(C(=O)CCn2c(-c3cccs3)n[nH]c2=S)C2CC2)cc1. The van der Waals surface area contributed by atoms with Gasteiger partial charge in [0.1, 0.15) is 0 Å². The second-order valence-electron chi connectivity index (χ2n) is 6.97. The molecule has 1 aromatic carbocycles. The van der Waals surface area contributed by atoms with Crippen LogP contribution in [0, 0.1) is 11.7 Å². The molecule has 3 aromatic rings. The number of thiophene rings is 1. The van der Waals surface area contributed by atoms with E-state index in [0.29, 0.717) is 30.3 Å². The van der Waals surface area contributed by atoms with Gasteiger partial charge in [0.05, 0.1) is 4.88 Å². The minimum absolute atomic E-state index is 0.179. The molecule has 140 valence electrons. The normalized spacial score (nSPS) is 13.7. The molecule has 2 aromatic heterocycles. The molecule has 7 heteroatoms. The lowest BCUT2D eigenvalue weighted by atomic mass is 10.1. The van der Waals surface area contributed by atoms with E-state index in [0.717, 1.165) is 23.5 Å². The highest BCUT2D eigenvalue weighted by Crippen LogP contribution is 2.29. The van der Waals surface area contributed by atoms with E-state index in [9.17, 15) is 4.79 Å². The maximum atomic E-state index is 13.0. The van der Waals surface area contributed by atoms with Crippen LogP contribution in [0.3, 0.4) is 0 Å². The first-order valence-corrected chi connectivity index (χ1v) is 10.4. The van der Waals surface area contributed by atoms with Crippen molar-refractivity contribution >= 4 is 29.5 Å². The smallest absolute Gasteiger partial charge is 0.224 e. The second-order valence-corrected chi connectivity index (χ2v) is 8.30. The van der Waals surface area contributed by atoms with Crippen LogP contribution in [0.15, 0.2) is 41.8 Å². The summed E-state index contributed by atoms with van der Waals surface area (Å²) in [4.78, 5) is 16.0. The van der Waals surface area contributed by atoms with Gasteiger partial charge in [0.25, 0.3) is 0 Å². The van der Waals surface area contributed by atoms with Gasteiger partial charge < -0.3 is 4.90 Å². The third kappa shape index (κ3) is 4.20. The first-order chi connectivity index (χ1) is 13.1. The van der Waals surface area contributed by atoms with Crippen LogP contribution in [0.1, 0.15) is 30.4 Å². The van der Waals surface area contributed by atoms with Gasteiger partial charge in [0, 0.05) is 25.6 Å². The summed E-state index contributed by atoms with van der Waals surface area (Å²) in [5.41, 5.74) is 2.42. The maximum absolute atomic E-state index is 13.0. The first kappa shape index (κ1) is 18.1. The number of rotatable bonds is 7. The molecule has 0 aliphatic heterocycles. The molecule has 0 atom stereocenters. The number of nitrogens with zero attached hydrogens (tertiary/aromatic N) is 3. The zero-order valence-corrected chi connectivity index (χ0v) is 16.9. The Bertz CT molecular complexity index is 968. The van der Waals surface area contributed by atoms with Crippen LogP contribution >= 0.6 is 23.6 Å². The number of nitrogens with one attached hydrogen (secondary N) is 1. The van der Waals surface area contributed by atoms with Crippen LogP contribution in [0.2, 0.25) is 0 Å². The van der Waals surface area contributed by atoms with E-state index in [1.54, 1.807) is 11.3 Å². The number of aromatic nitrogens is 3. The summed E-state index contributed by atoms with van der Waals surface area (Å²) < 4.78 is 2.48. The Labute approximate surface area is 167 Å². The highest BCUT2D eigenvalue weighted by molar-refractivity contribution is 7.71. The number of benzene rings is 1. The van der Waals surface area contributed by atoms with Crippen molar-refractivity contribution in [1.29, 1.82) is 0 Å². The third-order valence-corrected chi connectivity index (χ3v) is 6.01. The molecule has 1 aliphatic rings. The fraction of sp³-hybridized carbons (Fsp3) is 0.350. The minimum Gasteiger partial charge on any atom is -0.335 e. The van der Waals surface area contributed by atoms with Crippen molar-refractivity contribution < 1.29 is 4.79 Å². The van der Waals surface area contributed by atoms with Crippen LogP contribution in [0.4, 0.5) is 0 Å². The highest BCUT2D eigenvalue weighted by atomic mass is 32.1. The fourth-order valence-electron chi connectivity index (χ4n) is 3.17. The van der Waals surface area contributed by atoms with Gasteiger partial charge in [-0.3, -0.25) is 14.5 Å². The van der Waals surface area contributed by atoms with Crippen molar-refractivity contribution in [2.24, 2.45) is 0 Å². The van der Waals surface area contributed by atoms with E-state index in [1.165, 1.54) is 11.1 Å². The molecule has 4 rings (SSSR count). The maximum Gasteiger partial charge on any atom is 0.224 e. The summed E-state index contributed by atoms with van der Waals surface area (Å²) in [6, 6.07) is 12.8. The van der Waals surface area contributed by atoms with Crippen LogP contribution in [0.25, 0.3) is 10.7 Å². The first-order valence-electron chi connectivity index (χ1n) is 9.16. The van der Waals surface area contributed by atoms with Crippen LogP contribution in [0.5, 0.6) is 0 Å². The quantitative estimate of drug-likeness (QED) is 0.594. The van der Waals surface area contributed by atoms with Gasteiger partial charge in [0.15, 0.2) is 10.6 Å². The molecule has 0 bridgehead atoms. The third-order valence-electron chi connectivity index (χ3n) is 4.83. The lowest BCUT2D eigenvalue weighted by Gasteiger charge is -2.23. The van der Waals surface area contributed by atoms with E-state index < -0.39 is 0 Å². The summed E-state index contributed by atoms with van der Waals surface area (Å²) in [7, 11) is 0. The predicted octanol–water partition coefficient (Wildman–Crippen LogP) is 4.56. The number of aromatic amines is 1. The lowest BCUT2D eigenvalue weighted by molar-refractivity contribution is -0.132. The van der Waals surface area contributed by atoms with E-state index in [4.69, 9.17) is 12.2 Å². The van der Waals surface area contributed by atoms with E-state index in [1.807, 2.05) is 27.0 Å².